The molecule has 0 aliphatic carbocycles. The summed E-state index contributed by atoms with van der Waals surface area (Å²) in [7, 11) is 3.12. The van der Waals surface area contributed by atoms with Crippen molar-refractivity contribution in [3.05, 3.63) is 22.3 Å². The summed E-state index contributed by atoms with van der Waals surface area (Å²) < 4.78 is 10.5. The Morgan fingerprint density at radius 1 is 1.07 bits per heavy atom. The number of nitrogens with one attached hydrogen (secondary N) is 1. The van der Waals surface area contributed by atoms with Crippen LogP contribution in [0, 0.1) is 20.8 Å². The van der Waals surface area contributed by atoms with Crippen LogP contribution in [-0.2, 0) is 20.7 Å². The molecule has 0 unspecified atom stereocenters. The van der Waals surface area contributed by atoms with Gasteiger partial charge in [-0.25, -0.2) is 4.79 Å². The van der Waals surface area contributed by atoms with E-state index in [4.69, 9.17) is 9.47 Å². The Bertz CT molecular complexity index is 777. The molecule has 0 saturated carbocycles. The highest BCUT2D eigenvalue weighted by atomic mass is 16.6. The van der Waals surface area contributed by atoms with Crippen LogP contribution < -0.4 is 15.1 Å². The van der Waals surface area contributed by atoms with Crippen LogP contribution in [0.1, 0.15) is 43.0 Å². The molecule has 0 radical (unpaired) electrons. The van der Waals surface area contributed by atoms with Gasteiger partial charge in [0.1, 0.15) is 5.60 Å². The lowest BCUT2D eigenvalue weighted by molar-refractivity contribution is -0.139. The van der Waals surface area contributed by atoms with Gasteiger partial charge in [-0.1, -0.05) is 0 Å². The van der Waals surface area contributed by atoms with Crippen molar-refractivity contribution in [1.29, 1.82) is 0 Å². The third-order valence-electron chi connectivity index (χ3n) is 5.31. The first-order valence-corrected chi connectivity index (χ1v) is 10.1. The van der Waals surface area contributed by atoms with Crippen LogP contribution in [0.25, 0.3) is 0 Å². The van der Waals surface area contributed by atoms with Gasteiger partial charge in [0.15, 0.2) is 0 Å². The molecule has 1 aromatic rings. The third-order valence-corrected chi connectivity index (χ3v) is 5.31. The van der Waals surface area contributed by atoms with Gasteiger partial charge in [-0.3, -0.25) is 9.69 Å². The highest BCUT2D eigenvalue weighted by Crippen LogP contribution is 2.39. The number of piperazine rings is 1. The van der Waals surface area contributed by atoms with Crippen LogP contribution in [0.5, 0.6) is 0 Å². The first-order valence-electron chi connectivity index (χ1n) is 10.1. The van der Waals surface area contributed by atoms with Crippen LogP contribution >= 0.6 is 0 Å². The van der Waals surface area contributed by atoms with E-state index >= 15 is 0 Å². The van der Waals surface area contributed by atoms with Crippen molar-refractivity contribution >= 4 is 23.4 Å². The molecule has 2 rings (SSSR count). The van der Waals surface area contributed by atoms with E-state index in [0.29, 0.717) is 0 Å². The predicted octanol–water partition coefficient (Wildman–Crippen LogP) is 3.11. The Labute approximate surface area is 174 Å². The molecule has 162 valence electrons. The Morgan fingerprint density at radius 2 is 1.66 bits per heavy atom. The van der Waals surface area contributed by atoms with E-state index in [2.05, 4.69) is 10.2 Å². The second-order valence-corrected chi connectivity index (χ2v) is 8.58. The zero-order valence-corrected chi connectivity index (χ0v) is 19.1. The number of hydrogen-bond acceptors (Lipinski definition) is 6. The number of methoxy groups -OCH3 is 1. The molecule has 0 bridgehead atoms. The van der Waals surface area contributed by atoms with E-state index in [1.807, 2.05) is 41.5 Å². The number of benzene rings is 1. The molecule has 0 spiro atoms. The summed E-state index contributed by atoms with van der Waals surface area (Å²) in [5, 5.41) is 3.37. The minimum atomic E-state index is -0.589. The van der Waals surface area contributed by atoms with Crippen LogP contribution in [0.3, 0.4) is 0 Å². The number of rotatable bonds is 4. The monoisotopic (exact) mass is 405 g/mol. The number of anilines is 2. The van der Waals surface area contributed by atoms with E-state index in [0.717, 1.165) is 59.8 Å². The topological polar surface area (TPSA) is 71.1 Å². The highest BCUT2D eigenvalue weighted by Gasteiger charge is 2.28. The van der Waals surface area contributed by atoms with Gasteiger partial charge in [0, 0.05) is 38.9 Å². The third kappa shape index (κ3) is 5.21. The molecule has 0 atom stereocenters. The number of hydrogen-bond donors (Lipinski definition) is 1. The van der Waals surface area contributed by atoms with Crippen LogP contribution in [-0.4, -0.2) is 58.0 Å². The summed E-state index contributed by atoms with van der Waals surface area (Å²) in [6.45, 7) is 15.1. The van der Waals surface area contributed by atoms with Crippen molar-refractivity contribution < 1.29 is 19.1 Å². The molecule has 7 heteroatoms. The molecular formula is C22H35N3O4. The number of carbonyl (C=O) groups is 2. The first kappa shape index (κ1) is 23.0. The fourth-order valence-electron chi connectivity index (χ4n) is 4.01. The maximum absolute atomic E-state index is 12.8. The number of ether oxygens (including phenoxy) is 2. The van der Waals surface area contributed by atoms with Crippen LogP contribution in [0.2, 0.25) is 0 Å². The molecule has 0 aromatic heterocycles. The van der Waals surface area contributed by atoms with Gasteiger partial charge < -0.3 is 19.7 Å². The molecule has 29 heavy (non-hydrogen) atoms. The molecule has 1 saturated heterocycles. The lowest BCUT2D eigenvalue weighted by Gasteiger charge is -2.36. The Balaban J connectivity index is 2.63. The molecular weight excluding hydrogens is 370 g/mol. The van der Waals surface area contributed by atoms with Gasteiger partial charge >= 0.3 is 12.1 Å². The highest BCUT2D eigenvalue weighted by molar-refractivity contribution is 5.93. The Kier molecular flexibility index (Phi) is 7.16. The summed E-state index contributed by atoms with van der Waals surface area (Å²) in [4.78, 5) is 28.8. The summed E-state index contributed by atoms with van der Waals surface area (Å²) in [5.74, 6) is -0.294. The first-order chi connectivity index (χ1) is 13.5. The molecule has 1 aromatic carbocycles. The molecule has 7 nitrogen and oxygen atoms in total. The minimum Gasteiger partial charge on any atom is -0.469 e. The summed E-state index contributed by atoms with van der Waals surface area (Å²) in [5.41, 5.74) is 5.17. The maximum atomic E-state index is 12.8. The van der Waals surface area contributed by atoms with E-state index < -0.39 is 11.7 Å². The Hall–Kier alpha value is -2.28. The average Bonchev–Trinajstić information content (AvgIpc) is 2.64. The largest absolute Gasteiger partial charge is 0.469 e. The maximum Gasteiger partial charge on any atom is 0.414 e. The summed E-state index contributed by atoms with van der Waals surface area (Å²) >= 11 is 0. The lowest BCUT2D eigenvalue weighted by Crippen LogP contribution is -2.44. The average molecular weight is 406 g/mol. The molecule has 1 aliphatic heterocycles. The summed E-state index contributed by atoms with van der Waals surface area (Å²) in [6, 6.07) is 0. The van der Waals surface area contributed by atoms with E-state index in [9.17, 15) is 9.59 Å². The van der Waals surface area contributed by atoms with E-state index in [1.54, 1.807) is 11.9 Å². The van der Waals surface area contributed by atoms with Crippen molar-refractivity contribution in [3.8, 4) is 0 Å². The normalized spacial score (nSPS) is 14.6. The number of esters is 1. The molecule has 1 N–H and O–H groups in total. The van der Waals surface area contributed by atoms with Crippen LogP contribution in [0.15, 0.2) is 0 Å². The fourth-order valence-corrected chi connectivity index (χ4v) is 4.01. The number of nitrogens with zero attached hydrogens (tertiary/aromatic N) is 2. The zero-order chi connectivity index (χ0) is 21.9. The van der Waals surface area contributed by atoms with Gasteiger partial charge in [-0.2, -0.15) is 0 Å². The van der Waals surface area contributed by atoms with Gasteiger partial charge in [0.2, 0.25) is 0 Å². The number of carbonyl (C=O) groups excluding carboxylic acids is 2. The standard InChI is InChI=1S/C22H35N3O4/c1-14-17(13-18(26)28-8)15(2)20(25-11-9-23-10-12-25)16(3)19(14)24(7)21(27)29-22(4,5)6/h23H,9-13H2,1-8H3. The van der Waals surface area contributed by atoms with E-state index in [-0.39, 0.29) is 12.4 Å². The second kappa shape index (κ2) is 9.03. The van der Waals surface area contributed by atoms with Crippen molar-refractivity contribution in [2.24, 2.45) is 0 Å². The molecule has 1 fully saturated rings. The summed E-state index contributed by atoms with van der Waals surface area (Å²) in [6.07, 6.45) is -0.245. The zero-order valence-electron chi connectivity index (χ0n) is 19.1. The fraction of sp³-hybridized carbons (Fsp3) is 0.636. The molecule has 1 amide bonds. The lowest BCUT2D eigenvalue weighted by atomic mass is 9.91. The van der Waals surface area contributed by atoms with Gasteiger partial charge in [-0.15, -0.1) is 0 Å². The van der Waals surface area contributed by atoms with Crippen molar-refractivity contribution in [3.63, 3.8) is 0 Å². The number of amides is 1. The van der Waals surface area contributed by atoms with Gasteiger partial charge in [0.05, 0.1) is 19.2 Å². The van der Waals surface area contributed by atoms with Gasteiger partial charge in [-0.05, 0) is 63.8 Å². The molecule has 1 heterocycles. The second-order valence-electron chi connectivity index (χ2n) is 8.58. The predicted molar refractivity (Wildman–Crippen MR) is 116 cm³/mol. The molecule has 1 aliphatic rings. The smallest absolute Gasteiger partial charge is 0.414 e. The van der Waals surface area contributed by atoms with Crippen molar-refractivity contribution in [2.75, 3.05) is 50.1 Å². The van der Waals surface area contributed by atoms with Crippen molar-refractivity contribution in [1.82, 2.24) is 5.32 Å². The quantitative estimate of drug-likeness (QED) is 0.776. The minimum absolute atomic E-state index is 0.169. The van der Waals surface area contributed by atoms with Crippen LogP contribution in [0.4, 0.5) is 16.2 Å². The van der Waals surface area contributed by atoms with E-state index in [1.165, 1.54) is 7.11 Å². The van der Waals surface area contributed by atoms with Gasteiger partial charge in [0.25, 0.3) is 0 Å². The Morgan fingerprint density at radius 3 is 2.17 bits per heavy atom. The SMILES string of the molecule is COC(=O)Cc1c(C)c(N2CCNCC2)c(C)c(N(C)C(=O)OC(C)(C)C)c1C. The van der Waals surface area contributed by atoms with Crippen molar-refractivity contribution in [2.45, 2.75) is 53.6 Å².